The van der Waals surface area contributed by atoms with Gasteiger partial charge in [-0.25, -0.2) is 0 Å². The molecule has 0 fully saturated rings. The molecule has 2 aromatic rings. The highest BCUT2D eigenvalue weighted by Crippen LogP contribution is 2.29. The fraction of sp³-hybridized carbons (Fsp3) is 0.333. The zero-order chi connectivity index (χ0) is 12.3. The van der Waals surface area contributed by atoms with Gasteiger partial charge < -0.3 is 5.73 Å². The Morgan fingerprint density at radius 2 is 1.76 bits per heavy atom. The number of benzene rings is 1. The van der Waals surface area contributed by atoms with Crippen molar-refractivity contribution in [3.05, 3.63) is 46.8 Å². The van der Waals surface area contributed by atoms with Gasteiger partial charge in [0.25, 0.3) is 0 Å². The molecule has 0 aliphatic carbocycles. The number of thiophene rings is 1. The van der Waals surface area contributed by atoms with Gasteiger partial charge in [0.1, 0.15) is 0 Å². The van der Waals surface area contributed by atoms with Crippen molar-refractivity contribution >= 4 is 11.3 Å². The van der Waals surface area contributed by atoms with E-state index in [-0.39, 0.29) is 0 Å². The summed E-state index contributed by atoms with van der Waals surface area (Å²) < 4.78 is 0. The first-order valence-corrected chi connectivity index (χ1v) is 6.91. The molecule has 0 bridgehead atoms. The molecule has 1 nitrogen and oxygen atoms in total. The molecule has 2 rings (SSSR count). The minimum Gasteiger partial charge on any atom is -0.330 e. The number of nitrogens with two attached hydrogens (primary N) is 1. The first kappa shape index (κ1) is 12.3. The highest BCUT2D eigenvalue weighted by molar-refractivity contribution is 7.15. The van der Waals surface area contributed by atoms with Crippen molar-refractivity contribution in [2.24, 2.45) is 5.73 Å². The van der Waals surface area contributed by atoms with Gasteiger partial charge in [-0.05, 0) is 42.1 Å². The molecule has 0 saturated carbocycles. The largest absolute Gasteiger partial charge is 0.330 e. The van der Waals surface area contributed by atoms with Crippen molar-refractivity contribution in [2.75, 3.05) is 6.54 Å². The lowest BCUT2D eigenvalue weighted by Gasteiger charge is -2.05. The third kappa shape index (κ3) is 2.96. The topological polar surface area (TPSA) is 26.0 Å². The van der Waals surface area contributed by atoms with Crippen LogP contribution in [0.2, 0.25) is 0 Å². The second-order valence-electron chi connectivity index (χ2n) is 4.58. The van der Waals surface area contributed by atoms with Gasteiger partial charge in [-0.2, -0.15) is 0 Å². The normalized spacial score (nSPS) is 11.1. The molecular formula is C15H19NS. The van der Waals surface area contributed by atoms with E-state index in [1.165, 1.54) is 20.9 Å². The van der Waals surface area contributed by atoms with E-state index in [9.17, 15) is 0 Å². The Morgan fingerprint density at radius 1 is 1.06 bits per heavy atom. The predicted octanol–water partition coefficient (Wildman–Crippen LogP) is 4.04. The van der Waals surface area contributed by atoms with E-state index in [2.05, 4.69) is 50.2 Å². The Hall–Kier alpha value is -1.12. The highest BCUT2D eigenvalue weighted by atomic mass is 32.1. The lowest BCUT2D eigenvalue weighted by molar-refractivity contribution is 0.867. The minimum absolute atomic E-state index is 0.597. The van der Waals surface area contributed by atoms with Crippen LogP contribution in [0.3, 0.4) is 0 Å². The maximum absolute atomic E-state index is 5.57. The van der Waals surface area contributed by atoms with Gasteiger partial charge in [-0.1, -0.05) is 38.1 Å². The summed E-state index contributed by atoms with van der Waals surface area (Å²) >= 11 is 1.84. The molecule has 0 aliphatic heterocycles. The van der Waals surface area contributed by atoms with Crippen LogP contribution in [0.4, 0.5) is 0 Å². The van der Waals surface area contributed by atoms with Gasteiger partial charge in [0.2, 0.25) is 0 Å². The molecule has 17 heavy (non-hydrogen) atoms. The average molecular weight is 245 g/mol. The van der Waals surface area contributed by atoms with Crippen LogP contribution >= 0.6 is 11.3 Å². The minimum atomic E-state index is 0.597. The van der Waals surface area contributed by atoms with Crippen LogP contribution in [-0.4, -0.2) is 6.54 Å². The molecule has 90 valence electrons. The molecule has 0 amide bonds. The molecule has 0 atom stereocenters. The molecular weight excluding hydrogens is 226 g/mol. The molecule has 0 unspecified atom stereocenters. The van der Waals surface area contributed by atoms with Crippen LogP contribution in [0.15, 0.2) is 36.4 Å². The van der Waals surface area contributed by atoms with Gasteiger partial charge in [-0.3, -0.25) is 0 Å². The van der Waals surface area contributed by atoms with Crippen LogP contribution in [0.1, 0.15) is 30.2 Å². The predicted molar refractivity (Wildman–Crippen MR) is 76.6 cm³/mol. The third-order valence-electron chi connectivity index (χ3n) is 2.91. The molecule has 0 spiro atoms. The Morgan fingerprint density at radius 3 is 2.35 bits per heavy atom. The quantitative estimate of drug-likeness (QED) is 0.864. The zero-order valence-corrected chi connectivity index (χ0v) is 11.3. The fourth-order valence-electron chi connectivity index (χ4n) is 1.84. The monoisotopic (exact) mass is 245 g/mol. The van der Waals surface area contributed by atoms with Crippen molar-refractivity contribution in [1.82, 2.24) is 0 Å². The molecule has 2 heteroatoms. The Balaban J connectivity index is 2.21. The molecule has 0 saturated heterocycles. The van der Waals surface area contributed by atoms with Gasteiger partial charge in [0.15, 0.2) is 0 Å². The van der Waals surface area contributed by atoms with E-state index in [0.717, 1.165) is 13.0 Å². The summed E-state index contributed by atoms with van der Waals surface area (Å²) in [5.74, 6) is 0.597. The standard InChI is InChI=1S/C15H19NS/c1-11(2)12-3-5-13(6-4-12)15-8-7-14(17-15)9-10-16/h3-8,11H,9-10,16H2,1-2H3. The van der Waals surface area contributed by atoms with Crippen molar-refractivity contribution in [2.45, 2.75) is 26.2 Å². The second kappa shape index (κ2) is 5.48. The smallest absolute Gasteiger partial charge is 0.0345 e. The van der Waals surface area contributed by atoms with Gasteiger partial charge >= 0.3 is 0 Å². The maximum atomic E-state index is 5.57. The van der Waals surface area contributed by atoms with E-state index in [0.29, 0.717) is 5.92 Å². The molecule has 1 aromatic carbocycles. The van der Waals surface area contributed by atoms with Crippen LogP contribution in [-0.2, 0) is 6.42 Å². The summed E-state index contributed by atoms with van der Waals surface area (Å²) in [6.07, 6.45) is 0.981. The van der Waals surface area contributed by atoms with Gasteiger partial charge in [0.05, 0.1) is 0 Å². The summed E-state index contributed by atoms with van der Waals surface area (Å²) in [7, 11) is 0. The van der Waals surface area contributed by atoms with Crippen molar-refractivity contribution in [3.63, 3.8) is 0 Å². The Kier molecular flexibility index (Phi) is 3.97. The van der Waals surface area contributed by atoms with E-state index < -0.39 is 0 Å². The van der Waals surface area contributed by atoms with Crippen LogP contribution in [0, 0.1) is 0 Å². The maximum Gasteiger partial charge on any atom is 0.0345 e. The number of hydrogen-bond donors (Lipinski definition) is 1. The van der Waals surface area contributed by atoms with Crippen molar-refractivity contribution in [1.29, 1.82) is 0 Å². The summed E-state index contributed by atoms with van der Waals surface area (Å²) in [5.41, 5.74) is 8.27. The Bertz CT molecular complexity index is 468. The first-order valence-electron chi connectivity index (χ1n) is 6.10. The molecule has 2 N–H and O–H groups in total. The lowest BCUT2D eigenvalue weighted by atomic mass is 10.0. The number of hydrogen-bond acceptors (Lipinski definition) is 2. The molecule has 0 aliphatic rings. The van der Waals surface area contributed by atoms with Crippen LogP contribution in [0.5, 0.6) is 0 Å². The summed E-state index contributed by atoms with van der Waals surface area (Å²) in [6, 6.07) is 13.3. The number of rotatable bonds is 4. The van der Waals surface area contributed by atoms with E-state index >= 15 is 0 Å². The lowest BCUT2D eigenvalue weighted by Crippen LogP contribution is -2.00. The van der Waals surface area contributed by atoms with E-state index in [1.54, 1.807) is 0 Å². The molecule has 1 aromatic heterocycles. The van der Waals surface area contributed by atoms with E-state index in [4.69, 9.17) is 5.73 Å². The summed E-state index contributed by atoms with van der Waals surface area (Å²) in [6.45, 7) is 5.17. The third-order valence-corrected chi connectivity index (χ3v) is 4.11. The van der Waals surface area contributed by atoms with Crippen LogP contribution < -0.4 is 5.73 Å². The first-order chi connectivity index (χ1) is 8.20. The zero-order valence-electron chi connectivity index (χ0n) is 10.4. The molecule has 1 heterocycles. The fourth-order valence-corrected chi connectivity index (χ4v) is 2.87. The average Bonchev–Trinajstić information content (AvgIpc) is 2.78. The van der Waals surface area contributed by atoms with Crippen LogP contribution in [0.25, 0.3) is 10.4 Å². The second-order valence-corrected chi connectivity index (χ2v) is 5.75. The van der Waals surface area contributed by atoms with E-state index in [1.807, 2.05) is 11.3 Å². The summed E-state index contributed by atoms with van der Waals surface area (Å²) in [4.78, 5) is 2.71. The molecule has 0 radical (unpaired) electrons. The van der Waals surface area contributed by atoms with Gasteiger partial charge in [0, 0.05) is 9.75 Å². The van der Waals surface area contributed by atoms with Crippen molar-refractivity contribution in [3.8, 4) is 10.4 Å². The van der Waals surface area contributed by atoms with Crippen molar-refractivity contribution < 1.29 is 0 Å². The summed E-state index contributed by atoms with van der Waals surface area (Å²) in [5, 5.41) is 0. The highest BCUT2D eigenvalue weighted by Gasteiger charge is 2.04. The van der Waals surface area contributed by atoms with Gasteiger partial charge in [-0.15, -0.1) is 11.3 Å². The Labute approximate surface area is 107 Å². The SMILES string of the molecule is CC(C)c1ccc(-c2ccc(CCN)s2)cc1.